The Kier molecular flexibility index (Phi) is 6.47. The summed E-state index contributed by atoms with van der Waals surface area (Å²) in [4.78, 5) is 12.1. The van der Waals surface area contributed by atoms with E-state index in [9.17, 15) is 9.18 Å². The lowest BCUT2D eigenvalue weighted by Crippen LogP contribution is -2.13. The van der Waals surface area contributed by atoms with Gasteiger partial charge in [0.1, 0.15) is 5.82 Å². The van der Waals surface area contributed by atoms with E-state index in [1.807, 2.05) is 0 Å². The summed E-state index contributed by atoms with van der Waals surface area (Å²) in [6.45, 7) is 0. The third-order valence-electron chi connectivity index (χ3n) is 3.57. The molecule has 2 aromatic carbocycles. The Hall–Kier alpha value is -2.47. The van der Waals surface area contributed by atoms with Crippen LogP contribution >= 0.6 is 11.6 Å². The predicted octanol–water partition coefficient (Wildman–Crippen LogP) is 4.08. The molecule has 1 N–H and O–H groups in total. The molecule has 0 heterocycles. The normalized spacial score (nSPS) is 10.3. The molecule has 2 aromatic rings. The van der Waals surface area contributed by atoms with Crippen LogP contribution in [0.2, 0.25) is 5.02 Å². The van der Waals surface area contributed by atoms with Gasteiger partial charge in [0, 0.05) is 11.4 Å². The first-order valence-corrected chi connectivity index (χ1v) is 7.90. The van der Waals surface area contributed by atoms with E-state index in [0.717, 1.165) is 11.6 Å². The summed E-state index contributed by atoms with van der Waals surface area (Å²) in [5, 5.41) is 2.80. The van der Waals surface area contributed by atoms with Gasteiger partial charge in [0.2, 0.25) is 11.7 Å². The van der Waals surface area contributed by atoms with Crippen LogP contribution in [0.3, 0.4) is 0 Å². The van der Waals surface area contributed by atoms with Gasteiger partial charge in [0.25, 0.3) is 0 Å². The van der Waals surface area contributed by atoms with Crippen molar-refractivity contribution in [1.82, 2.24) is 0 Å². The van der Waals surface area contributed by atoms with E-state index in [0.29, 0.717) is 23.7 Å². The van der Waals surface area contributed by atoms with Gasteiger partial charge in [0.15, 0.2) is 11.5 Å². The van der Waals surface area contributed by atoms with Crippen LogP contribution in [0.25, 0.3) is 0 Å². The second-order valence-electron chi connectivity index (χ2n) is 5.21. The SMILES string of the molecule is COc1cc(CCC(=O)Nc2ccc(Cl)cc2F)cc(OC)c1OC. The predicted molar refractivity (Wildman–Crippen MR) is 94.5 cm³/mol. The number of ether oxygens (including phenoxy) is 3. The van der Waals surface area contributed by atoms with Gasteiger partial charge in [-0.3, -0.25) is 4.79 Å². The van der Waals surface area contributed by atoms with Gasteiger partial charge in [-0.2, -0.15) is 0 Å². The van der Waals surface area contributed by atoms with Gasteiger partial charge in [-0.05, 0) is 42.3 Å². The second kappa shape index (κ2) is 8.58. The molecule has 0 saturated heterocycles. The zero-order valence-corrected chi connectivity index (χ0v) is 14.9. The summed E-state index contributed by atoms with van der Waals surface area (Å²) in [6, 6.07) is 7.64. The minimum absolute atomic E-state index is 0.0966. The van der Waals surface area contributed by atoms with Crippen molar-refractivity contribution in [1.29, 1.82) is 0 Å². The van der Waals surface area contributed by atoms with Crippen LogP contribution in [0.4, 0.5) is 10.1 Å². The molecule has 7 heteroatoms. The molecule has 1 amide bonds. The highest BCUT2D eigenvalue weighted by molar-refractivity contribution is 6.30. The molecule has 25 heavy (non-hydrogen) atoms. The van der Waals surface area contributed by atoms with Crippen LogP contribution in [0.5, 0.6) is 17.2 Å². The molecule has 0 unspecified atom stereocenters. The molecule has 0 fully saturated rings. The summed E-state index contributed by atoms with van der Waals surface area (Å²) in [5.41, 5.74) is 0.931. The van der Waals surface area contributed by atoms with Crippen LogP contribution in [0.1, 0.15) is 12.0 Å². The highest BCUT2D eigenvalue weighted by atomic mass is 35.5. The van der Waals surface area contributed by atoms with E-state index in [1.54, 1.807) is 12.1 Å². The Bertz CT molecular complexity index is 742. The Morgan fingerprint density at radius 2 is 1.72 bits per heavy atom. The molecular formula is C18H19ClFNO4. The number of carbonyl (C=O) groups excluding carboxylic acids is 1. The molecule has 0 atom stereocenters. The standard InChI is InChI=1S/C18H19ClFNO4/c1-23-15-8-11(9-16(24-2)18(15)25-3)4-7-17(22)21-14-6-5-12(19)10-13(14)20/h5-6,8-10H,4,7H2,1-3H3,(H,21,22). The highest BCUT2D eigenvalue weighted by Gasteiger charge is 2.14. The number of aryl methyl sites for hydroxylation is 1. The van der Waals surface area contributed by atoms with Crippen LogP contribution in [0, 0.1) is 5.82 Å². The Labute approximate surface area is 150 Å². The number of amides is 1. The van der Waals surface area contributed by atoms with Gasteiger partial charge in [0.05, 0.1) is 27.0 Å². The van der Waals surface area contributed by atoms with E-state index < -0.39 is 5.82 Å². The van der Waals surface area contributed by atoms with Crippen molar-refractivity contribution in [3.8, 4) is 17.2 Å². The minimum atomic E-state index is -0.575. The number of rotatable bonds is 7. The van der Waals surface area contributed by atoms with E-state index in [-0.39, 0.29) is 23.0 Å². The van der Waals surface area contributed by atoms with Crippen LogP contribution in [-0.4, -0.2) is 27.2 Å². The lowest BCUT2D eigenvalue weighted by atomic mass is 10.1. The van der Waals surface area contributed by atoms with E-state index in [4.69, 9.17) is 25.8 Å². The van der Waals surface area contributed by atoms with Crippen LogP contribution in [0.15, 0.2) is 30.3 Å². The molecule has 0 aliphatic heterocycles. The lowest BCUT2D eigenvalue weighted by Gasteiger charge is -2.14. The monoisotopic (exact) mass is 367 g/mol. The van der Waals surface area contributed by atoms with Crippen molar-refractivity contribution in [2.45, 2.75) is 12.8 Å². The van der Waals surface area contributed by atoms with E-state index in [2.05, 4.69) is 5.32 Å². The molecule has 0 spiro atoms. The summed E-state index contributed by atoms with van der Waals surface area (Å²) in [7, 11) is 4.57. The van der Waals surface area contributed by atoms with Crippen molar-refractivity contribution in [2.24, 2.45) is 0 Å². The zero-order chi connectivity index (χ0) is 18.4. The van der Waals surface area contributed by atoms with E-state index in [1.165, 1.54) is 33.5 Å². The van der Waals surface area contributed by atoms with E-state index >= 15 is 0 Å². The molecular weight excluding hydrogens is 349 g/mol. The summed E-state index contributed by atoms with van der Waals surface area (Å²) in [5.74, 6) is 0.632. The zero-order valence-electron chi connectivity index (χ0n) is 14.2. The maximum atomic E-state index is 13.7. The molecule has 2 rings (SSSR count). The molecule has 0 aromatic heterocycles. The fourth-order valence-corrected chi connectivity index (χ4v) is 2.50. The molecule has 0 aliphatic rings. The largest absolute Gasteiger partial charge is 0.493 e. The molecule has 0 saturated carbocycles. The van der Waals surface area contributed by atoms with Crippen molar-refractivity contribution in [3.63, 3.8) is 0 Å². The topological polar surface area (TPSA) is 56.8 Å². The van der Waals surface area contributed by atoms with Gasteiger partial charge in [-0.25, -0.2) is 4.39 Å². The maximum absolute atomic E-state index is 13.7. The first kappa shape index (κ1) is 18.9. The van der Waals surface area contributed by atoms with Crippen LogP contribution in [-0.2, 0) is 11.2 Å². The van der Waals surface area contributed by atoms with Crippen molar-refractivity contribution >= 4 is 23.2 Å². The molecule has 5 nitrogen and oxygen atoms in total. The number of anilines is 1. The number of carbonyl (C=O) groups is 1. The average molecular weight is 368 g/mol. The summed E-state index contributed by atoms with van der Waals surface area (Å²) >= 11 is 5.69. The fraction of sp³-hybridized carbons (Fsp3) is 0.278. The lowest BCUT2D eigenvalue weighted by molar-refractivity contribution is -0.116. The quantitative estimate of drug-likeness (QED) is 0.801. The Balaban J connectivity index is 2.06. The van der Waals surface area contributed by atoms with Gasteiger partial charge >= 0.3 is 0 Å². The smallest absolute Gasteiger partial charge is 0.224 e. The minimum Gasteiger partial charge on any atom is -0.493 e. The van der Waals surface area contributed by atoms with Gasteiger partial charge < -0.3 is 19.5 Å². The van der Waals surface area contributed by atoms with Crippen molar-refractivity contribution in [3.05, 3.63) is 46.7 Å². The van der Waals surface area contributed by atoms with Crippen LogP contribution < -0.4 is 19.5 Å². The molecule has 0 radical (unpaired) electrons. The Morgan fingerprint density at radius 3 is 2.24 bits per heavy atom. The first-order valence-electron chi connectivity index (χ1n) is 7.52. The third-order valence-corrected chi connectivity index (χ3v) is 3.81. The molecule has 134 valence electrons. The summed E-state index contributed by atoms with van der Waals surface area (Å²) < 4.78 is 29.5. The summed E-state index contributed by atoms with van der Waals surface area (Å²) in [6.07, 6.45) is 0.596. The number of hydrogen-bond donors (Lipinski definition) is 1. The number of nitrogens with one attached hydrogen (secondary N) is 1. The third kappa shape index (κ3) is 4.76. The van der Waals surface area contributed by atoms with Gasteiger partial charge in [-0.15, -0.1) is 0 Å². The number of methoxy groups -OCH3 is 3. The highest BCUT2D eigenvalue weighted by Crippen LogP contribution is 2.38. The Morgan fingerprint density at radius 1 is 1.08 bits per heavy atom. The fourth-order valence-electron chi connectivity index (χ4n) is 2.34. The first-order chi connectivity index (χ1) is 12.0. The number of benzene rings is 2. The van der Waals surface area contributed by atoms with Crippen molar-refractivity contribution < 1.29 is 23.4 Å². The van der Waals surface area contributed by atoms with Gasteiger partial charge in [-0.1, -0.05) is 11.6 Å². The molecule has 0 bridgehead atoms. The number of hydrogen-bond acceptors (Lipinski definition) is 4. The molecule has 0 aliphatic carbocycles. The second-order valence-corrected chi connectivity index (χ2v) is 5.64. The average Bonchev–Trinajstić information content (AvgIpc) is 2.61. The number of halogens is 2. The maximum Gasteiger partial charge on any atom is 0.224 e. The van der Waals surface area contributed by atoms with Crippen molar-refractivity contribution in [2.75, 3.05) is 26.6 Å².